The molecule has 11 heteroatoms. The summed E-state index contributed by atoms with van der Waals surface area (Å²) in [6, 6.07) is 4.32. The summed E-state index contributed by atoms with van der Waals surface area (Å²) in [5.74, 6) is -1.72. The number of benzene rings is 1. The molecule has 0 amide bonds. The van der Waals surface area contributed by atoms with Gasteiger partial charge in [-0.25, -0.2) is 17.9 Å². The van der Waals surface area contributed by atoms with Crippen LogP contribution in [-0.4, -0.2) is 51.1 Å². The van der Waals surface area contributed by atoms with Crippen molar-refractivity contribution in [3.63, 3.8) is 0 Å². The molecule has 0 bridgehead atoms. The van der Waals surface area contributed by atoms with Crippen molar-refractivity contribution in [2.45, 2.75) is 62.7 Å². The van der Waals surface area contributed by atoms with Gasteiger partial charge >= 0.3 is 5.97 Å². The van der Waals surface area contributed by atoms with Gasteiger partial charge in [0, 0.05) is 4.91 Å². The summed E-state index contributed by atoms with van der Waals surface area (Å²) >= 11 is 0. The number of carbonyl (C=O) groups is 1. The monoisotopic (exact) mass is 436 g/mol. The Hall–Kier alpha value is -2.43. The smallest absolute Gasteiger partial charge is 0.336 e. The molecule has 1 aromatic carbocycles. The van der Waals surface area contributed by atoms with E-state index in [9.17, 15) is 13.2 Å². The lowest BCUT2D eigenvalue weighted by molar-refractivity contribution is -0.148. The van der Waals surface area contributed by atoms with Gasteiger partial charge in [-0.2, -0.15) is 0 Å². The minimum Gasteiger partial charge on any atom is -0.463 e. The number of nitrogens with zero attached hydrogens (tertiary/aromatic N) is 3. The molecule has 2 aliphatic rings. The number of azide groups is 1. The normalized spacial score (nSPS) is 27.5. The summed E-state index contributed by atoms with van der Waals surface area (Å²) in [5, 5.41) is 3.69. The summed E-state index contributed by atoms with van der Waals surface area (Å²) in [6.07, 6.45) is -0.401. The van der Waals surface area contributed by atoms with Gasteiger partial charge in [0.25, 0.3) is 0 Å². The number of rotatable bonds is 6. The predicted molar refractivity (Wildman–Crippen MR) is 107 cm³/mol. The van der Waals surface area contributed by atoms with Gasteiger partial charge in [-0.15, -0.1) is 0 Å². The molecule has 162 valence electrons. The number of sulfonamides is 1. The van der Waals surface area contributed by atoms with Crippen LogP contribution in [0.25, 0.3) is 10.4 Å². The lowest BCUT2D eigenvalue weighted by Crippen LogP contribution is -2.56. The van der Waals surface area contributed by atoms with E-state index in [2.05, 4.69) is 14.7 Å². The van der Waals surface area contributed by atoms with E-state index in [1.807, 2.05) is 6.92 Å². The number of fused-ring (bicyclic) bond motifs is 1. The summed E-state index contributed by atoms with van der Waals surface area (Å²) in [5.41, 5.74) is 10.1. The second-order valence-electron chi connectivity index (χ2n) is 7.52. The number of aryl methyl sites for hydroxylation is 1. The highest BCUT2D eigenvalue weighted by atomic mass is 32.2. The van der Waals surface area contributed by atoms with E-state index < -0.39 is 46.1 Å². The summed E-state index contributed by atoms with van der Waals surface area (Å²) in [7, 11) is -3.97. The van der Waals surface area contributed by atoms with E-state index in [1.54, 1.807) is 32.9 Å². The maximum atomic E-state index is 13.0. The number of hydrogen-bond donors (Lipinski definition) is 1. The van der Waals surface area contributed by atoms with Gasteiger partial charge in [0.05, 0.1) is 29.2 Å². The van der Waals surface area contributed by atoms with Crippen LogP contribution in [0.4, 0.5) is 0 Å². The Morgan fingerprint density at radius 1 is 1.30 bits per heavy atom. The molecular formula is C19H24N4O6S. The molecule has 0 unspecified atom stereocenters. The van der Waals surface area contributed by atoms with E-state index >= 15 is 0 Å². The van der Waals surface area contributed by atoms with Crippen molar-refractivity contribution in [2.75, 3.05) is 6.61 Å². The third-order valence-electron chi connectivity index (χ3n) is 4.83. The maximum absolute atomic E-state index is 13.0. The molecule has 10 nitrogen and oxygen atoms in total. The van der Waals surface area contributed by atoms with Gasteiger partial charge < -0.3 is 14.2 Å². The van der Waals surface area contributed by atoms with Crippen LogP contribution in [-0.2, 0) is 29.0 Å². The predicted octanol–water partition coefficient (Wildman–Crippen LogP) is 2.34. The van der Waals surface area contributed by atoms with Crippen molar-refractivity contribution >= 4 is 16.0 Å². The molecule has 1 aromatic rings. The minimum absolute atomic E-state index is 0.0580. The van der Waals surface area contributed by atoms with Crippen molar-refractivity contribution in [3.05, 3.63) is 51.9 Å². The van der Waals surface area contributed by atoms with Gasteiger partial charge in [-0.1, -0.05) is 28.9 Å². The summed E-state index contributed by atoms with van der Waals surface area (Å²) in [6.45, 7) is 6.97. The molecule has 0 saturated carbocycles. The first-order chi connectivity index (χ1) is 14.1. The number of esters is 1. The molecule has 30 heavy (non-hydrogen) atoms. The second kappa shape index (κ2) is 8.37. The van der Waals surface area contributed by atoms with Crippen LogP contribution in [0.2, 0.25) is 0 Å². The zero-order valence-electron chi connectivity index (χ0n) is 17.1. The molecule has 1 saturated heterocycles. The van der Waals surface area contributed by atoms with Crippen molar-refractivity contribution < 1.29 is 27.4 Å². The lowest BCUT2D eigenvalue weighted by Gasteiger charge is -2.34. The van der Waals surface area contributed by atoms with Crippen LogP contribution < -0.4 is 4.72 Å². The molecule has 1 fully saturated rings. The SMILES string of the molecule is CCOC(=O)C1=C[C@H](N=[N+]=[N-])[C@@H](NS(=O)(=O)c2ccc(C)cc2)[C@@H]2OC(C)(C)O[C@H]12. The first-order valence-electron chi connectivity index (χ1n) is 9.45. The Labute approximate surface area is 174 Å². The zero-order valence-corrected chi connectivity index (χ0v) is 17.9. The molecule has 4 atom stereocenters. The van der Waals surface area contributed by atoms with Crippen molar-refractivity contribution in [1.29, 1.82) is 0 Å². The van der Waals surface area contributed by atoms with E-state index in [0.717, 1.165) is 5.56 Å². The van der Waals surface area contributed by atoms with Crippen LogP contribution >= 0.6 is 0 Å². The highest BCUT2D eigenvalue weighted by Gasteiger charge is 2.53. The Morgan fingerprint density at radius 3 is 2.57 bits per heavy atom. The van der Waals surface area contributed by atoms with Crippen LogP contribution in [0.5, 0.6) is 0 Å². The largest absolute Gasteiger partial charge is 0.463 e. The molecular weight excluding hydrogens is 412 g/mol. The van der Waals surface area contributed by atoms with E-state index in [1.165, 1.54) is 18.2 Å². The average Bonchev–Trinajstić information content (AvgIpc) is 2.99. The van der Waals surface area contributed by atoms with Crippen LogP contribution in [0.3, 0.4) is 0 Å². The fourth-order valence-electron chi connectivity index (χ4n) is 3.53. The van der Waals surface area contributed by atoms with E-state index in [-0.39, 0.29) is 17.1 Å². The van der Waals surface area contributed by atoms with Crippen molar-refractivity contribution in [3.8, 4) is 0 Å². The Kier molecular flexibility index (Phi) is 6.21. The summed E-state index contributed by atoms with van der Waals surface area (Å²) < 4.78 is 45.4. The third-order valence-corrected chi connectivity index (χ3v) is 6.30. The average molecular weight is 436 g/mol. The third kappa shape index (κ3) is 4.50. The first kappa shape index (κ1) is 22.3. The fourth-order valence-corrected chi connectivity index (χ4v) is 4.80. The van der Waals surface area contributed by atoms with E-state index in [0.29, 0.717) is 0 Å². The molecule has 0 spiro atoms. The van der Waals surface area contributed by atoms with Crippen LogP contribution in [0.15, 0.2) is 45.9 Å². The van der Waals surface area contributed by atoms with Crippen LogP contribution in [0, 0.1) is 6.92 Å². The topological polar surface area (TPSA) is 140 Å². The highest BCUT2D eigenvalue weighted by molar-refractivity contribution is 7.89. The Balaban J connectivity index is 2.02. The second-order valence-corrected chi connectivity index (χ2v) is 9.23. The molecule has 0 aromatic heterocycles. The molecule has 3 rings (SSSR count). The fraction of sp³-hybridized carbons (Fsp3) is 0.526. The van der Waals surface area contributed by atoms with Gasteiger partial charge in [-0.3, -0.25) is 0 Å². The van der Waals surface area contributed by atoms with Crippen molar-refractivity contribution in [1.82, 2.24) is 4.72 Å². The highest BCUT2D eigenvalue weighted by Crippen LogP contribution is 2.39. The zero-order chi connectivity index (χ0) is 22.1. The molecule has 0 radical (unpaired) electrons. The van der Waals surface area contributed by atoms with E-state index in [4.69, 9.17) is 19.7 Å². The summed E-state index contributed by atoms with van der Waals surface area (Å²) in [4.78, 5) is 15.3. The molecule has 1 aliphatic carbocycles. The molecule has 1 aliphatic heterocycles. The number of carbonyl (C=O) groups excluding carboxylic acids is 1. The standard InChI is InChI=1S/C19H24N4O6S/c1-5-27-18(24)13-10-14(21-23-20)15(17-16(13)28-19(3,4)29-17)22-30(25,26)12-8-6-11(2)7-9-12/h6-10,14-17,22H,5H2,1-4H3/t14-,15+,16+,17-/m0/s1. The lowest BCUT2D eigenvalue weighted by atomic mass is 9.87. The number of nitrogens with one attached hydrogen (secondary N) is 1. The first-order valence-corrected chi connectivity index (χ1v) is 10.9. The molecule has 1 N–H and O–H groups in total. The number of hydrogen-bond acceptors (Lipinski definition) is 7. The molecule has 1 heterocycles. The quantitative estimate of drug-likeness (QED) is 0.314. The Morgan fingerprint density at radius 2 is 1.97 bits per heavy atom. The van der Waals surface area contributed by atoms with Gasteiger partial charge in [0.2, 0.25) is 10.0 Å². The Bertz CT molecular complexity index is 998. The van der Waals surface area contributed by atoms with Crippen LogP contribution in [0.1, 0.15) is 26.3 Å². The number of ether oxygens (including phenoxy) is 3. The van der Waals surface area contributed by atoms with Gasteiger partial charge in [0.1, 0.15) is 12.2 Å². The van der Waals surface area contributed by atoms with Gasteiger partial charge in [0.15, 0.2) is 5.79 Å². The maximum Gasteiger partial charge on any atom is 0.336 e. The van der Waals surface area contributed by atoms with Gasteiger partial charge in [-0.05, 0) is 45.4 Å². The minimum atomic E-state index is -3.97. The van der Waals surface area contributed by atoms with Crippen molar-refractivity contribution in [2.24, 2.45) is 5.11 Å².